The summed E-state index contributed by atoms with van der Waals surface area (Å²) in [4.78, 5) is 25.8. The number of hydrazone groups is 1. The fraction of sp³-hybridized carbons (Fsp3) is 0.438. The van der Waals surface area contributed by atoms with Crippen LogP contribution >= 0.6 is 11.8 Å². The molecule has 1 aromatic rings. The fourth-order valence-corrected chi connectivity index (χ4v) is 3.43. The topological polar surface area (TPSA) is 61.8 Å². The van der Waals surface area contributed by atoms with E-state index in [0.717, 1.165) is 34.7 Å². The smallest absolute Gasteiger partial charge is 0.321 e. The van der Waals surface area contributed by atoms with Crippen LogP contribution in [0.15, 0.2) is 34.3 Å². The van der Waals surface area contributed by atoms with Crippen LogP contribution in [-0.4, -0.2) is 35.0 Å². The molecule has 2 fully saturated rings. The standard InChI is InChI=1S/C16H19N3O2S/c1-22-13-7-5-12(6-8-13)11-17-19-14(20)16(18-15(19)21)9-3-2-4-10-16/h5-8,11H,2-4,9-10H2,1H3,(H,18,21). The summed E-state index contributed by atoms with van der Waals surface area (Å²) in [7, 11) is 0. The van der Waals surface area contributed by atoms with Gasteiger partial charge in [-0.25, -0.2) is 4.79 Å². The molecule has 22 heavy (non-hydrogen) atoms. The fourth-order valence-electron chi connectivity index (χ4n) is 3.02. The molecule has 1 saturated carbocycles. The molecule has 0 radical (unpaired) electrons. The van der Waals surface area contributed by atoms with E-state index in [9.17, 15) is 9.59 Å². The lowest BCUT2D eigenvalue weighted by atomic mass is 9.82. The van der Waals surface area contributed by atoms with Crippen LogP contribution in [0.5, 0.6) is 0 Å². The first-order valence-corrected chi connectivity index (χ1v) is 8.72. The number of thioether (sulfide) groups is 1. The largest absolute Gasteiger partial charge is 0.346 e. The van der Waals surface area contributed by atoms with Crippen LogP contribution in [0, 0.1) is 0 Å². The maximum atomic E-state index is 12.5. The van der Waals surface area contributed by atoms with Crippen LogP contribution in [0.4, 0.5) is 4.79 Å². The van der Waals surface area contributed by atoms with Crippen molar-refractivity contribution in [2.24, 2.45) is 5.10 Å². The molecule has 6 heteroatoms. The highest BCUT2D eigenvalue weighted by Gasteiger charge is 2.51. The summed E-state index contributed by atoms with van der Waals surface area (Å²) in [6, 6.07) is 7.40. The Morgan fingerprint density at radius 1 is 1.18 bits per heavy atom. The molecule has 5 nitrogen and oxygen atoms in total. The first-order valence-electron chi connectivity index (χ1n) is 7.49. The monoisotopic (exact) mass is 317 g/mol. The van der Waals surface area contributed by atoms with Gasteiger partial charge in [0.25, 0.3) is 5.91 Å². The quantitative estimate of drug-likeness (QED) is 0.529. The highest BCUT2D eigenvalue weighted by atomic mass is 32.2. The van der Waals surface area contributed by atoms with Gasteiger partial charge in [0.05, 0.1) is 6.21 Å². The molecule has 1 spiro atoms. The Balaban J connectivity index is 1.75. The number of nitrogens with zero attached hydrogens (tertiary/aromatic N) is 2. The highest BCUT2D eigenvalue weighted by molar-refractivity contribution is 7.98. The van der Waals surface area contributed by atoms with Gasteiger partial charge in [0.2, 0.25) is 0 Å². The molecule has 2 aliphatic rings. The third-order valence-corrected chi connectivity index (χ3v) is 5.03. The Morgan fingerprint density at radius 3 is 2.50 bits per heavy atom. The minimum absolute atomic E-state index is 0.214. The lowest BCUT2D eigenvalue weighted by Gasteiger charge is -2.29. The van der Waals surface area contributed by atoms with Gasteiger partial charge in [-0.1, -0.05) is 31.4 Å². The van der Waals surface area contributed by atoms with Crippen molar-refractivity contribution in [1.29, 1.82) is 0 Å². The second-order valence-corrected chi connectivity index (χ2v) is 6.59. The van der Waals surface area contributed by atoms with Gasteiger partial charge in [0.1, 0.15) is 5.54 Å². The predicted octanol–water partition coefficient (Wildman–Crippen LogP) is 3.00. The van der Waals surface area contributed by atoms with Gasteiger partial charge in [-0.3, -0.25) is 4.79 Å². The molecule has 1 heterocycles. The van der Waals surface area contributed by atoms with E-state index >= 15 is 0 Å². The highest BCUT2D eigenvalue weighted by Crippen LogP contribution is 2.33. The molecular formula is C16H19N3O2S. The predicted molar refractivity (Wildman–Crippen MR) is 87.0 cm³/mol. The number of imide groups is 1. The van der Waals surface area contributed by atoms with E-state index < -0.39 is 11.6 Å². The molecule has 116 valence electrons. The Kier molecular flexibility index (Phi) is 4.20. The summed E-state index contributed by atoms with van der Waals surface area (Å²) >= 11 is 1.66. The number of rotatable bonds is 3. The second kappa shape index (κ2) is 6.12. The Labute approximate surface area is 134 Å². The zero-order chi connectivity index (χ0) is 15.6. The van der Waals surface area contributed by atoms with Crippen LogP contribution in [0.2, 0.25) is 0 Å². The van der Waals surface area contributed by atoms with Crippen LogP contribution < -0.4 is 5.32 Å². The third kappa shape index (κ3) is 2.75. The minimum atomic E-state index is -0.713. The van der Waals surface area contributed by atoms with Crippen LogP contribution in [0.25, 0.3) is 0 Å². The summed E-state index contributed by atoms with van der Waals surface area (Å²) < 4.78 is 0. The maximum absolute atomic E-state index is 12.5. The molecule has 1 aliphatic carbocycles. The molecule has 1 N–H and O–H groups in total. The number of hydrogen-bond donors (Lipinski definition) is 1. The van der Waals surface area contributed by atoms with Crippen molar-refractivity contribution in [1.82, 2.24) is 10.3 Å². The van der Waals surface area contributed by atoms with E-state index in [1.54, 1.807) is 18.0 Å². The van der Waals surface area contributed by atoms with Crippen molar-refractivity contribution < 1.29 is 9.59 Å². The van der Waals surface area contributed by atoms with Crippen LogP contribution in [-0.2, 0) is 4.79 Å². The number of urea groups is 1. The van der Waals surface area contributed by atoms with Crippen LogP contribution in [0.3, 0.4) is 0 Å². The number of amides is 3. The van der Waals surface area contributed by atoms with Gasteiger partial charge in [0.15, 0.2) is 0 Å². The van der Waals surface area contributed by atoms with E-state index in [1.807, 2.05) is 30.5 Å². The lowest BCUT2D eigenvalue weighted by molar-refractivity contribution is -0.132. The number of benzene rings is 1. The summed E-state index contributed by atoms with van der Waals surface area (Å²) in [5.74, 6) is -0.214. The number of carbonyl (C=O) groups excluding carboxylic acids is 2. The van der Waals surface area contributed by atoms with E-state index in [-0.39, 0.29) is 5.91 Å². The summed E-state index contributed by atoms with van der Waals surface area (Å²) in [6.45, 7) is 0. The summed E-state index contributed by atoms with van der Waals surface area (Å²) in [5.41, 5.74) is 0.151. The number of nitrogens with one attached hydrogen (secondary N) is 1. The third-order valence-electron chi connectivity index (χ3n) is 4.29. The zero-order valence-electron chi connectivity index (χ0n) is 12.5. The number of carbonyl (C=O) groups is 2. The van der Waals surface area contributed by atoms with Gasteiger partial charge < -0.3 is 5.32 Å². The SMILES string of the molecule is CSc1ccc(C=NN2C(=O)NC3(CCCCC3)C2=O)cc1. The molecule has 1 aliphatic heterocycles. The van der Waals surface area contributed by atoms with Crippen molar-refractivity contribution in [3.63, 3.8) is 0 Å². The molecule has 0 unspecified atom stereocenters. The zero-order valence-corrected chi connectivity index (χ0v) is 13.4. The van der Waals surface area contributed by atoms with Crippen molar-refractivity contribution >= 4 is 29.9 Å². The molecule has 3 amide bonds. The van der Waals surface area contributed by atoms with Gasteiger partial charge in [-0.2, -0.15) is 5.10 Å². The van der Waals surface area contributed by atoms with Crippen molar-refractivity contribution in [2.75, 3.05) is 6.26 Å². The Morgan fingerprint density at radius 2 is 1.86 bits per heavy atom. The molecule has 3 rings (SSSR count). The van der Waals surface area contributed by atoms with Crippen molar-refractivity contribution in [3.05, 3.63) is 29.8 Å². The average Bonchev–Trinajstić information content (AvgIpc) is 2.77. The van der Waals surface area contributed by atoms with Gasteiger partial charge >= 0.3 is 6.03 Å². The first kappa shape index (κ1) is 15.1. The Bertz CT molecular complexity index is 606. The Hall–Kier alpha value is -1.82. The molecular weight excluding hydrogens is 298 g/mol. The molecule has 1 aromatic carbocycles. The van der Waals surface area contributed by atoms with Crippen molar-refractivity contribution in [3.8, 4) is 0 Å². The van der Waals surface area contributed by atoms with Gasteiger partial charge in [0, 0.05) is 4.90 Å². The van der Waals surface area contributed by atoms with Gasteiger partial charge in [-0.05, 0) is 36.8 Å². The summed E-state index contributed by atoms with van der Waals surface area (Å²) in [5, 5.41) is 7.92. The van der Waals surface area contributed by atoms with E-state index in [4.69, 9.17) is 0 Å². The molecule has 0 aromatic heterocycles. The normalized spacial score (nSPS) is 20.9. The van der Waals surface area contributed by atoms with Crippen LogP contribution in [0.1, 0.15) is 37.7 Å². The minimum Gasteiger partial charge on any atom is -0.321 e. The molecule has 0 atom stereocenters. The molecule has 1 saturated heterocycles. The summed E-state index contributed by atoms with van der Waals surface area (Å²) in [6.07, 6.45) is 8.07. The lowest BCUT2D eigenvalue weighted by Crippen LogP contribution is -2.48. The number of hydrogen-bond acceptors (Lipinski definition) is 4. The second-order valence-electron chi connectivity index (χ2n) is 5.71. The average molecular weight is 317 g/mol. The van der Waals surface area contributed by atoms with E-state index in [2.05, 4.69) is 10.4 Å². The van der Waals surface area contributed by atoms with Crippen molar-refractivity contribution in [2.45, 2.75) is 42.5 Å². The van der Waals surface area contributed by atoms with E-state index in [1.165, 1.54) is 0 Å². The first-order chi connectivity index (χ1) is 10.6. The van der Waals surface area contributed by atoms with E-state index in [0.29, 0.717) is 12.8 Å². The van der Waals surface area contributed by atoms with Gasteiger partial charge in [-0.15, -0.1) is 16.8 Å². The maximum Gasteiger partial charge on any atom is 0.346 e. The molecule has 0 bridgehead atoms.